The Hall–Kier alpha value is -0.760. The summed E-state index contributed by atoms with van der Waals surface area (Å²) < 4.78 is 24.0. The highest BCUT2D eigenvalue weighted by Gasteiger charge is 2.35. The first-order valence-electron chi connectivity index (χ1n) is 6.69. The number of unbranched alkanes of at least 4 members (excludes halogenated alkanes) is 1. The van der Waals surface area contributed by atoms with Crippen molar-refractivity contribution in [1.82, 2.24) is 4.90 Å². The molecule has 1 unspecified atom stereocenters. The Balaban J connectivity index is 2.57. The van der Waals surface area contributed by atoms with E-state index < -0.39 is 21.2 Å². The van der Waals surface area contributed by atoms with E-state index in [1.807, 2.05) is 0 Å². The van der Waals surface area contributed by atoms with Crippen molar-refractivity contribution in [3.05, 3.63) is 0 Å². The fraction of sp³-hybridized carbons (Fsp3) is 0.833. The number of aliphatic carboxylic acids is 1. The molecule has 0 aromatic heterocycles. The van der Waals surface area contributed by atoms with E-state index in [9.17, 15) is 18.0 Å². The number of carbonyl (C=O) groups excluding carboxylic acids is 1. The minimum atomic E-state index is -3.27. The zero-order chi connectivity index (χ0) is 15.2. The average Bonchev–Trinajstić information content (AvgIpc) is 2.43. The van der Waals surface area contributed by atoms with Crippen molar-refractivity contribution in [3.63, 3.8) is 0 Å². The third kappa shape index (κ3) is 4.97. The number of amides is 1. The Morgan fingerprint density at radius 2 is 1.95 bits per heavy atom. The molecule has 0 aromatic carbocycles. The highest BCUT2D eigenvalue weighted by atomic mass is 32.2. The molecule has 1 aliphatic heterocycles. The van der Waals surface area contributed by atoms with Gasteiger partial charge >= 0.3 is 5.97 Å². The third-order valence-corrected chi connectivity index (χ3v) is 6.54. The monoisotopic (exact) mass is 323 g/mol. The van der Waals surface area contributed by atoms with Gasteiger partial charge in [0.25, 0.3) is 0 Å². The first-order valence-corrected chi connectivity index (χ1v) is 9.56. The number of carbonyl (C=O) groups is 2. The topological polar surface area (TPSA) is 91.8 Å². The van der Waals surface area contributed by atoms with Gasteiger partial charge in [-0.3, -0.25) is 9.59 Å². The lowest BCUT2D eigenvalue weighted by Crippen LogP contribution is -2.50. The van der Waals surface area contributed by atoms with Crippen LogP contribution in [0.2, 0.25) is 0 Å². The predicted molar refractivity (Wildman–Crippen MR) is 78.4 cm³/mol. The average molecular weight is 323 g/mol. The third-order valence-electron chi connectivity index (χ3n) is 3.25. The van der Waals surface area contributed by atoms with Gasteiger partial charge in [-0.1, -0.05) is 6.92 Å². The summed E-state index contributed by atoms with van der Waals surface area (Å²) in [4.78, 5) is 24.0. The van der Waals surface area contributed by atoms with E-state index in [0.29, 0.717) is 25.1 Å². The molecule has 1 saturated heterocycles. The summed E-state index contributed by atoms with van der Waals surface area (Å²) in [5, 5.41) is 7.81. The molecule has 0 aromatic rings. The number of carboxylic acid groups (broad SMARTS) is 1. The Morgan fingerprint density at radius 1 is 1.30 bits per heavy atom. The largest absolute Gasteiger partial charge is 0.481 e. The van der Waals surface area contributed by atoms with Gasteiger partial charge in [0.15, 0.2) is 9.84 Å². The molecule has 1 fully saturated rings. The van der Waals surface area contributed by atoms with Crippen LogP contribution in [0.1, 0.15) is 32.6 Å². The van der Waals surface area contributed by atoms with Crippen LogP contribution in [0.5, 0.6) is 0 Å². The maximum Gasteiger partial charge on any atom is 0.303 e. The second-order valence-corrected chi connectivity index (χ2v) is 8.27. The summed E-state index contributed by atoms with van der Waals surface area (Å²) in [5.41, 5.74) is 0. The van der Waals surface area contributed by atoms with E-state index in [1.165, 1.54) is 4.90 Å². The van der Waals surface area contributed by atoms with E-state index >= 15 is 0 Å². The molecule has 0 spiro atoms. The molecule has 0 bridgehead atoms. The molecule has 0 radical (unpaired) electrons. The summed E-state index contributed by atoms with van der Waals surface area (Å²) >= 11 is 1.55. The van der Waals surface area contributed by atoms with Crippen LogP contribution in [0.3, 0.4) is 0 Å². The van der Waals surface area contributed by atoms with Crippen LogP contribution in [-0.2, 0) is 19.4 Å². The number of hydrogen-bond acceptors (Lipinski definition) is 5. The zero-order valence-electron chi connectivity index (χ0n) is 11.6. The lowest BCUT2D eigenvalue weighted by Gasteiger charge is -2.34. The van der Waals surface area contributed by atoms with Crippen LogP contribution in [0, 0.1) is 0 Å². The first kappa shape index (κ1) is 17.3. The van der Waals surface area contributed by atoms with Crippen LogP contribution in [0.25, 0.3) is 0 Å². The molecule has 0 saturated carbocycles. The lowest BCUT2D eigenvalue weighted by atomic mass is 10.2. The van der Waals surface area contributed by atoms with Gasteiger partial charge in [0.05, 0.1) is 0 Å². The summed E-state index contributed by atoms with van der Waals surface area (Å²) in [5.74, 6) is 0.144. The quantitative estimate of drug-likeness (QED) is 0.702. The van der Waals surface area contributed by atoms with Crippen molar-refractivity contribution < 1.29 is 23.1 Å². The molecular weight excluding hydrogens is 302 g/mol. The molecule has 1 amide bonds. The van der Waals surface area contributed by atoms with Crippen LogP contribution in [-0.4, -0.2) is 59.5 Å². The molecule has 1 heterocycles. The van der Waals surface area contributed by atoms with Gasteiger partial charge in [-0.25, -0.2) is 8.42 Å². The van der Waals surface area contributed by atoms with Crippen LogP contribution < -0.4 is 0 Å². The number of nitrogens with zero attached hydrogens (tertiary/aromatic N) is 1. The van der Waals surface area contributed by atoms with Crippen molar-refractivity contribution in [2.75, 3.05) is 23.8 Å². The summed E-state index contributed by atoms with van der Waals surface area (Å²) in [7, 11) is -3.27. The minimum Gasteiger partial charge on any atom is -0.481 e. The Labute approximate surface area is 123 Å². The Morgan fingerprint density at radius 3 is 2.55 bits per heavy atom. The van der Waals surface area contributed by atoms with E-state index in [-0.39, 0.29) is 24.5 Å². The van der Waals surface area contributed by atoms with Crippen LogP contribution in [0.4, 0.5) is 0 Å². The molecule has 1 atom stereocenters. The number of hydrogen-bond donors (Lipinski definition) is 1. The van der Waals surface area contributed by atoms with E-state index in [2.05, 4.69) is 0 Å². The molecule has 1 aliphatic rings. The molecule has 1 N–H and O–H groups in total. The van der Waals surface area contributed by atoms with Crippen LogP contribution in [0.15, 0.2) is 0 Å². The highest BCUT2D eigenvalue weighted by molar-refractivity contribution is 8.01. The van der Waals surface area contributed by atoms with Gasteiger partial charge < -0.3 is 10.0 Å². The summed E-state index contributed by atoms with van der Waals surface area (Å²) in [6, 6.07) is 0. The standard InChI is InChI=1S/C12H21NO5S2/c1-2-20(17,18)11-9-19-8-7-13(11)10(14)5-3-4-6-12(15)16/h11H,2-9H2,1H3,(H,15,16). The van der Waals surface area contributed by atoms with Crippen molar-refractivity contribution in [1.29, 1.82) is 0 Å². The highest BCUT2D eigenvalue weighted by Crippen LogP contribution is 2.22. The second kappa shape index (κ2) is 7.87. The van der Waals surface area contributed by atoms with Crippen molar-refractivity contribution >= 4 is 33.5 Å². The summed E-state index contributed by atoms with van der Waals surface area (Å²) in [6.07, 6.45) is 1.18. The van der Waals surface area contributed by atoms with Gasteiger partial charge in [0.1, 0.15) is 5.37 Å². The van der Waals surface area contributed by atoms with Crippen molar-refractivity contribution in [3.8, 4) is 0 Å². The van der Waals surface area contributed by atoms with Crippen LogP contribution >= 0.6 is 11.8 Å². The van der Waals surface area contributed by atoms with E-state index in [1.54, 1.807) is 18.7 Å². The number of carboxylic acids is 1. The van der Waals surface area contributed by atoms with Gasteiger partial charge in [0.2, 0.25) is 5.91 Å². The molecule has 1 rings (SSSR count). The molecule has 116 valence electrons. The first-order chi connectivity index (χ1) is 9.38. The predicted octanol–water partition coefficient (Wildman–Crippen LogP) is 0.968. The molecule has 6 nitrogen and oxygen atoms in total. The zero-order valence-corrected chi connectivity index (χ0v) is 13.2. The van der Waals surface area contributed by atoms with Gasteiger partial charge in [-0.2, -0.15) is 11.8 Å². The second-order valence-electron chi connectivity index (χ2n) is 4.67. The fourth-order valence-electron chi connectivity index (χ4n) is 2.05. The Bertz CT molecular complexity index is 449. The molecule has 20 heavy (non-hydrogen) atoms. The molecule has 0 aliphatic carbocycles. The smallest absolute Gasteiger partial charge is 0.303 e. The van der Waals surface area contributed by atoms with Gasteiger partial charge in [0, 0.05) is 36.6 Å². The minimum absolute atomic E-state index is 0.0288. The normalized spacial score (nSPS) is 19.9. The van der Waals surface area contributed by atoms with Crippen molar-refractivity contribution in [2.45, 2.75) is 38.0 Å². The Kier molecular flexibility index (Phi) is 6.81. The van der Waals surface area contributed by atoms with Gasteiger partial charge in [-0.05, 0) is 12.8 Å². The van der Waals surface area contributed by atoms with Crippen molar-refractivity contribution in [2.24, 2.45) is 0 Å². The number of thioether (sulfide) groups is 1. The number of rotatable bonds is 7. The van der Waals surface area contributed by atoms with Gasteiger partial charge in [-0.15, -0.1) is 0 Å². The van der Waals surface area contributed by atoms with E-state index in [0.717, 1.165) is 5.75 Å². The molecular formula is C12H21NO5S2. The fourth-order valence-corrected chi connectivity index (χ4v) is 5.04. The SMILES string of the molecule is CCS(=O)(=O)C1CSCCN1C(=O)CCCCC(=O)O. The number of sulfone groups is 1. The maximum absolute atomic E-state index is 12.1. The maximum atomic E-state index is 12.1. The van der Waals surface area contributed by atoms with E-state index in [4.69, 9.17) is 5.11 Å². The molecule has 8 heteroatoms. The summed E-state index contributed by atoms with van der Waals surface area (Å²) in [6.45, 7) is 2.04. The lowest BCUT2D eigenvalue weighted by molar-refractivity contribution is -0.137.